The molecule has 0 saturated carbocycles. The van der Waals surface area contributed by atoms with Gasteiger partial charge in [-0.05, 0) is 31.0 Å². The van der Waals surface area contributed by atoms with Crippen LogP contribution in [0.3, 0.4) is 0 Å². The number of benzene rings is 1. The normalized spacial score (nSPS) is 11.3. The molecule has 0 spiro atoms. The second kappa shape index (κ2) is 8.07. The van der Waals surface area contributed by atoms with Crippen molar-refractivity contribution >= 4 is 10.0 Å². The third-order valence-corrected chi connectivity index (χ3v) is 4.27. The summed E-state index contributed by atoms with van der Waals surface area (Å²) < 4.78 is 32.4. The molecule has 1 rings (SSSR count). The Morgan fingerprint density at radius 1 is 1.35 bits per heavy atom. The van der Waals surface area contributed by atoms with Gasteiger partial charge in [-0.3, -0.25) is 0 Å². The summed E-state index contributed by atoms with van der Waals surface area (Å²) in [5.41, 5.74) is 0.971. The van der Waals surface area contributed by atoms with E-state index in [0.717, 1.165) is 24.8 Å². The second-order valence-electron chi connectivity index (χ2n) is 4.65. The molecule has 1 aromatic carbocycles. The Balaban J connectivity index is 2.92. The lowest BCUT2D eigenvalue weighted by atomic mass is 10.2. The highest BCUT2D eigenvalue weighted by atomic mass is 32.2. The van der Waals surface area contributed by atoms with Gasteiger partial charge in [0.25, 0.3) is 0 Å². The summed E-state index contributed by atoms with van der Waals surface area (Å²) in [6.07, 6.45) is 4.60. The molecule has 0 aliphatic rings. The van der Waals surface area contributed by atoms with E-state index in [4.69, 9.17) is 4.74 Å². The van der Waals surface area contributed by atoms with Gasteiger partial charge >= 0.3 is 0 Å². The average Bonchev–Trinajstić information content (AvgIpc) is 2.41. The van der Waals surface area contributed by atoms with Crippen LogP contribution in [0.4, 0.5) is 0 Å². The maximum atomic E-state index is 12.2. The molecule has 0 amide bonds. The van der Waals surface area contributed by atoms with Crippen molar-refractivity contribution in [3.05, 3.63) is 36.4 Å². The molecule has 0 heterocycles. The molecule has 1 aromatic rings. The number of rotatable bonds is 9. The number of hydrogen-bond donors (Lipinski definition) is 1. The van der Waals surface area contributed by atoms with Gasteiger partial charge in [0.1, 0.15) is 10.6 Å². The van der Waals surface area contributed by atoms with Crippen LogP contribution in [-0.2, 0) is 10.0 Å². The fourth-order valence-electron chi connectivity index (χ4n) is 1.73. The summed E-state index contributed by atoms with van der Waals surface area (Å²) in [5, 5.41) is 0. The van der Waals surface area contributed by atoms with Gasteiger partial charge in [0.2, 0.25) is 10.0 Å². The predicted molar refractivity (Wildman–Crippen MR) is 81.6 cm³/mol. The first-order chi connectivity index (χ1) is 9.51. The molecular weight excluding hydrogens is 274 g/mol. The van der Waals surface area contributed by atoms with Gasteiger partial charge in [-0.1, -0.05) is 31.9 Å². The Hall–Kier alpha value is -1.33. The first-order valence-electron chi connectivity index (χ1n) is 6.85. The molecule has 0 aliphatic carbocycles. The van der Waals surface area contributed by atoms with E-state index in [2.05, 4.69) is 18.2 Å². The monoisotopic (exact) mass is 297 g/mol. The van der Waals surface area contributed by atoms with Crippen LogP contribution in [0.2, 0.25) is 0 Å². The van der Waals surface area contributed by atoms with Crippen molar-refractivity contribution < 1.29 is 13.2 Å². The van der Waals surface area contributed by atoms with Crippen molar-refractivity contribution in [2.45, 2.75) is 38.0 Å². The molecule has 0 bridgehead atoms. The Kier molecular flexibility index (Phi) is 6.75. The third kappa shape index (κ3) is 4.98. The zero-order chi connectivity index (χ0) is 15.0. The molecular formula is C15H23NO3S. The fraction of sp³-hybridized carbons (Fsp3) is 0.467. The third-order valence-electron chi connectivity index (χ3n) is 2.81. The Labute approximate surface area is 121 Å². The molecule has 0 aromatic heterocycles. The van der Waals surface area contributed by atoms with Crippen LogP contribution in [0.1, 0.15) is 31.7 Å². The summed E-state index contributed by atoms with van der Waals surface area (Å²) in [7, 11) is -3.56. The number of hydrogen-bond acceptors (Lipinski definition) is 3. The van der Waals surface area contributed by atoms with Crippen LogP contribution in [0.15, 0.2) is 35.7 Å². The summed E-state index contributed by atoms with van der Waals surface area (Å²) in [4.78, 5) is 0.182. The SMILES string of the molecule is C=CCNS(=O)(=O)c1ccc(C)cc1OCCCCC. The first-order valence-corrected chi connectivity index (χ1v) is 8.33. The van der Waals surface area contributed by atoms with E-state index in [-0.39, 0.29) is 11.4 Å². The molecule has 0 fully saturated rings. The van der Waals surface area contributed by atoms with Crippen LogP contribution in [0.5, 0.6) is 5.75 Å². The number of aryl methyl sites for hydroxylation is 1. The minimum Gasteiger partial charge on any atom is -0.492 e. The molecule has 0 aliphatic heterocycles. The van der Waals surface area contributed by atoms with Crippen LogP contribution < -0.4 is 9.46 Å². The van der Waals surface area contributed by atoms with Crippen LogP contribution in [0.25, 0.3) is 0 Å². The predicted octanol–water partition coefficient (Wildman–Crippen LogP) is 3.03. The number of sulfonamides is 1. The molecule has 5 heteroatoms. The molecule has 0 atom stereocenters. The van der Waals surface area contributed by atoms with E-state index in [1.54, 1.807) is 18.2 Å². The molecule has 112 valence electrons. The van der Waals surface area contributed by atoms with E-state index in [0.29, 0.717) is 12.4 Å². The van der Waals surface area contributed by atoms with Gasteiger partial charge in [-0.2, -0.15) is 0 Å². The zero-order valence-electron chi connectivity index (χ0n) is 12.2. The van der Waals surface area contributed by atoms with Crippen molar-refractivity contribution in [3.8, 4) is 5.75 Å². The highest BCUT2D eigenvalue weighted by molar-refractivity contribution is 7.89. The zero-order valence-corrected chi connectivity index (χ0v) is 13.0. The molecule has 0 unspecified atom stereocenters. The molecule has 20 heavy (non-hydrogen) atoms. The van der Waals surface area contributed by atoms with Crippen molar-refractivity contribution in [1.82, 2.24) is 4.72 Å². The topological polar surface area (TPSA) is 55.4 Å². The first kappa shape index (κ1) is 16.7. The van der Waals surface area contributed by atoms with Gasteiger partial charge in [0.05, 0.1) is 6.61 Å². The number of nitrogens with one attached hydrogen (secondary N) is 1. The largest absolute Gasteiger partial charge is 0.492 e. The minimum atomic E-state index is -3.56. The van der Waals surface area contributed by atoms with E-state index in [9.17, 15) is 8.42 Å². The number of ether oxygens (including phenoxy) is 1. The molecule has 0 saturated heterocycles. The lowest BCUT2D eigenvalue weighted by Crippen LogP contribution is -2.24. The van der Waals surface area contributed by atoms with E-state index in [1.165, 1.54) is 6.08 Å². The van der Waals surface area contributed by atoms with Gasteiger partial charge in [0, 0.05) is 6.54 Å². The second-order valence-corrected chi connectivity index (χ2v) is 6.38. The lowest BCUT2D eigenvalue weighted by Gasteiger charge is -2.13. The van der Waals surface area contributed by atoms with Crippen molar-refractivity contribution in [2.75, 3.05) is 13.2 Å². The van der Waals surface area contributed by atoms with Gasteiger partial charge < -0.3 is 4.74 Å². The van der Waals surface area contributed by atoms with E-state index < -0.39 is 10.0 Å². The van der Waals surface area contributed by atoms with Crippen LogP contribution >= 0.6 is 0 Å². The van der Waals surface area contributed by atoms with Gasteiger partial charge in [-0.15, -0.1) is 6.58 Å². The summed E-state index contributed by atoms with van der Waals surface area (Å²) in [6.45, 7) is 8.26. The standard InChI is InChI=1S/C15H23NO3S/c1-4-6-7-11-19-14-12-13(3)8-9-15(14)20(17,18)16-10-5-2/h5,8-9,12,16H,2,4,6-7,10-11H2,1,3H3. The summed E-state index contributed by atoms with van der Waals surface area (Å²) in [5.74, 6) is 0.415. The van der Waals surface area contributed by atoms with Gasteiger partial charge in [0.15, 0.2) is 0 Å². The minimum absolute atomic E-state index is 0.182. The van der Waals surface area contributed by atoms with Crippen molar-refractivity contribution in [2.24, 2.45) is 0 Å². The Bertz CT molecular complexity index is 538. The highest BCUT2D eigenvalue weighted by Crippen LogP contribution is 2.25. The average molecular weight is 297 g/mol. The van der Waals surface area contributed by atoms with E-state index >= 15 is 0 Å². The van der Waals surface area contributed by atoms with Gasteiger partial charge in [-0.25, -0.2) is 13.1 Å². The number of unbranched alkanes of at least 4 members (excludes halogenated alkanes) is 2. The summed E-state index contributed by atoms with van der Waals surface area (Å²) >= 11 is 0. The van der Waals surface area contributed by atoms with Crippen molar-refractivity contribution in [1.29, 1.82) is 0 Å². The van der Waals surface area contributed by atoms with Crippen LogP contribution in [0, 0.1) is 6.92 Å². The van der Waals surface area contributed by atoms with E-state index in [1.807, 2.05) is 6.92 Å². The summed E-state index contributed by atoms with van der Waals surface area (Å²) in [6, 6.07) is 5.10. The Morgan fingerprint density at radius 3 is 2.75 bits per heavy atom. The van der Waals surface area contributed by atoms with Crippen molar-refractivity contribution in [3.63, 3.8) is 0 Å². The lowest BCUT2D eigenvalue weighted by molar-refractivity contribution is 0.298. The maximum absolute atomic E-state index is 12.2. The Morgan fingerprint density at radius 2 is 2.10 bits per heavy atom. The quantitative estimate of drug-likeness (QED) is 0.563. The molecule has 1 N–H and O–H groups in total. The maximum Gasteiger partial charge on any atom is 0.244 e. The fourth-order valence-corrected chi connectivity index (χ4v) is 2.85. The highest BCUT2D eigenvalue weighted by Gasteiger charge is 2.18. The molecule has 0 radical (unpaired) electrons. The molecule has 4 nitrogen and oxygen atoms in total. The van der Waals surface area contributed by atoms with Crippen LogP contribution in [-0.4, -0.2) is 21.6 Å². The smallest absolute Gasteiger partial charge is 0.244 e.